The summed E-state index contributed by atoms with van der Waals surface area (Å²) in [6.07, 6.45) is -18.2. The van der Waals surface area contributed by atoms with Gasteiger partial charge in [0, 0.05) is 34.6 Å². The number of rotatable bonds is 16. The van der Waals surface area contributed by atoms with Crippen LogP contribution in [0.2, 0.25) is 0 Å². The first-order chi connectivity index (χ1) is 24.0. The standard InChI is InChI=1S/C31H42O21/c1-12(43-17(6)32)26(37)42-11-22-23(49-27(38)13(2)44-18(7)33)24(50-28(39)14(3)45-19(8)34)25(51-29(40)15(4)46-20(9)35)31(48-22)52-30(41)16(5)47-21(10)36/h12-16,22-25,31H,11H2,1-10H3/t12-,13-,14+,15+,16+,22+,23+,24-,25+,31-/m1/s1. The molecule has 0 saturated carbocycles. The van der Waals surface area contributed by atoms with Crippen molar-refractivity contribution >= 4 is 59.7 Å². The van der Waals surface area contributed by atoms with E-state index in [-0.39, 0.29) is 0 Å². The molecule has 0 aromatic rings. The van der Waals surface area contributed by atoms with Crippen LogP contribution in [-0.4, -0.2) is 128 Å². The maximum Gasteiger partial charge on any atom is 0.349 e. The van der Waals surface area contributed by atoms with E-state index in [0.717, 1.165) is 69.2 Å². The van der Waals surface area contributed by atoms with Gasteiger partial charge in [0.1, 0.15) is 12.7 Å². The van der Waals surface area contributed by atoms with Crippen molar-refractivity contribution in [1.29, 1.82) is 0 Å². The Labute approximate surface area is 297 Å². The molecule has 1 saturated heterocycles. The van der Waals surface area contributed by atoms with Gasteiger partial charge in [0.25, 0.3) is 0 Å². The third-order valence-electron chi connectivity index (χ3n) is 6.34. The average Bonchev–Trinajstić information content (AvgIpc) is 3.00. The van der Waals surface area contributed by atoms with Crippen molar-refractivity contribution in [2.75, 3.05) is 6.61 Å². The van der Waals surface area contributed by atoms with E-state index in [4.69, 9.17) is 52.1 Å². The maximum absolute atomic E-state index is 13.2. The number of ether oxygens (including phenoxy) is 11. The number of hydrogen-bond acceptors (Lipinski definition) is 21. The summed E-state index contributed by atoms with van der Waals surface area (Å²) in [7, 11) is 0. The van der Waals surface area contributed by atoms with Gasteiger partial charge in [-0.3, -0.25) is 24.0 Å². The first-order valence-corrected chi connectivity index (χ1v) is 15.5. The van der Waals surface area contributed by atoms with Crippen LogP contribution in [0, 0.1) is 0 Å². The van der Waals surface area contributed by atoms with Crippen LogP contribution in [0.1, 0.15) is 69.2 Å². The lowest BCUT2D eigenvalue weighted by Gasteiger charge is -2.44. The van der Waals surface area contributed by atoms with E-state index in [9.17, 15) is 47.9 Å². The smallest absolute Gasteiger partial charge is 0.349 e. The molecule has 21 nitrogen and oxygen atoms in total. The Morgan fingerprint density at radius 2 is 0.712 bits per heavy atom. The molecule has 1 rings (SSSR count). The summed E-state index contributed by atoms with van der Waals surface area (Å²) in [6.45, 7) is 9.54. The first-order valence-electron chi connectivity index (χ1n) is 15.5. The highest BCUT2D eigenvalue weighted by Crippen LogP contribution is 2.31. The number of carbonyl (C=O) groups excluding carboxylic acids is 10. The average molecular weight is 751 g/mol. The minimum atomic E-state index is -2.17. The van der Waals surface area contributed by atoms with Gasteiger partial charge in [0.05, 0.1) is 0 Å². The molecule has 292 valence electrons. The van der Waals surface area contributed by atoms with Crippen LogP contribution in [0.4, 0.5) is 0 Å². The van der Waals surface area contributed by atoms with Gasteiger partial charge >= 0.3 is 59.7 Å². The lowest BCUT2D eigenvalue weighted by Crippen LogP contribution is -2.64. The molecule has 0 bridgehead atoms. The van der Waals surface area contributed by atoms with Crippen molar-refractivity contribution in [3.05, 3.63) is 0 Å². The normalized spacial score (nSPS) is 22.2. The fourth-order valence-electron chi connectivity index (χ4n) is 4.18. The Kier molecular flexibility index (Phi) is 17.6. The van der Waals surface area contributed by atoms with Crippen LogP contribution in [-0.2, 0) is 100 Å². The molecule has 0 N–H and O–H groups in total. The topological polar surface area (TPSA) is 272 Å². The van der Waals surface area contributed by atoms with Gasteiger partial charge in [-0.1, -0.05) is 0 Å². The van der Waals surface area contributed by atoms with Gasteiger partial charge in [-0.2, -0.15) is 0 Å². The van der Waals surface area contributed by atoms with Crippen LogP contribution >= 0.6 is 0 Å². The second-order valence-electron chi connectivity index (χ2n) is 11.1. The highest BCUT2D eigenvalue weighted by atomic mass is 16.8. The van der Waals surface area contributed by atoms with E-state index in [0.29, 0.717) is 0 Å². The molecule has 0 unspecified atom stereocenters. The molecule has 1 aliphatic heterocycles. The Balaban J connectivity index is 3.89. The molecule has 52 heavy (non-hydrogen) atoms. The number of esters is 10. The number of carbonyl (C=O) groups is 10. The molecule has 0 amide bonds. The third kappa shape index (κ3) is 14.9. The third-order valence-corrected chi connectivity index (χ3v) is 6.34. The van der Waals surface area contributed by atoms with Crippen molar-refractivity contribution in [1.82, 2.24) is 0 Å². The molecule has 0 aromatic heterocycles. The zero-order valence-electron chi connectivity index (χ0n) is 30.1. The highest BCUT2D eigenvalue weighted by molar-refractivity contribution is 5.81. The molecule has 0 aliphatic carbocycles. The lowest BCUT2D eigenvalue weighted by molar-refractivity contribution is -0.305. The van der Waals surface area contributed by atoms with Crippen LogP contribution < -0.4 is 0 Å². The van der Waals surface area contributed by atoms with Gasteiger partial charge < -0.3 is 52.1 Å². The van der Waals surface area contributed by atoms with Crippen LogP contribution in [0.25, 0.3) is 0 Å². The van der Waals surface area contributed by atoms with Gasteiger partial charge in [-0.15, -0.1) is 0 Å². The molecular weight excluding hydrogens is 708 g/mol. The summed E-state index contributed by atoms with van der Waals surface area (Å²) in [5.74, 6) is -11.0. The lowest BCUT2D eigenvalue weighted by atomic mass is 9.97. The minimum Gasteiger partial charge on any atom is -0.460 e. The van der Waals surface area contributed by atoms with Gasteiger partial charge in [0.2, 0.25) is 12.4 Å². The number of hydrogen-bond donors (Lipinski definition) is 0. The predicted octanol–water partition coefficient (Wildman–Crippen LogP) is -0.709. The molecule has 1 aliphatic rings. The van der Waals surface area contributed by atoms with Crippen LogP contribution in [0.15, 0.2) is 0 Å². The summed E-state index contributed by atoms with van der Waals surface area (Å²) in [5, 5.41) is 0. The van der Waals surface area contributed by atoms with Crippen molar-refractivity contribution in [2.24, 2.45) is 0 Å². The Morgan fingerprint density at radius 3 is 1.06 bits per heavy atom. The van der Waals surface area contributed by atoms with Crippen molar-refractivity contribution in [2.45, 2.75) is 130 Å². The SMILES string of the molecule is CC(=O)O[C@@H](C)C(=O)O[C@H]1O[C@@H](COC(=O)[C@@H](C)OC(C)=O)[C@H](OC(=O)[C@@H](C)OC(C)=O)[C@@H](OC(=O)[C@H](C)OC(C)=O)[C@@H]1OC(=O)[C@H](C)OC(C)=O. The monoisotopic (exact) mass is 750 g/mol. The molecule has 0 aromatic carbocycles. The molecule has 0 radical (unpaired) electrons. The molecule has 1 fully saturated rings. The summed E-state index contributed by atoms with van der Waals surface area (Å²) in [5.41, 5.74) is 0. The Morgan fingerprint density at radius 1 is 0.423 bits per heavy atom. The maximum atomic E-state index is 13.2. The minimum absolute atomic E-state index is 0.847. The highest BCUT2D eigenvalue weighted by Gasteiger charge is 2.55. The summed E-state index contributed by atoms with van der Waals surface area (Å²) >= 11 is 0. The van der Waals surface area contributed by atoms with E-state index in [1.807, 2.05) is 0 Å². The second-order valence-corrected chi connectivity index (χ2v) is 11.1. The fraction of sp³-hybridized carbons (Fsp3) is 0.677. The van der Waals surface area contributed by atoms with Gasteiger partial charge in [-0.25, -0.2) is 24.0 Å². The quantitative estimate of drug-likeness (QED) is 0.139. The van der Waals surface area contributed by atoms with E-state index < -0.39 is 128 Å². The van der Waals surface area contributed by atoms with E-state index in [1.165, 1.54) is 0 Å². The van der Waals surface area contributed by atoms with E-state index in [2.05, 4.69) is 0 Å². The van der Waals surface area contributed by atoms with E-state index in [1.54, 1.807) is 0 Å². The van der Waals surface area contributed by atoms with Crippen molar-refractivity contribution in [3.63, 3.8) is 0 Å². The second kappa shape index (κ2) is 20.5. The molecule has 0 spiro atoms. The zero-order chi connectivity index (χ0) is 40.0. The van der Waals surface area contributed by atoms with Crippen molar-refractivity contribution < 1.29 is 100 Å². The largest absolute Gasteiger partial charge is 0.460 e. The molecule has 10 atom stereocenters. The zero-order valence-corrected chi connectivity index (χ0v) is 30.1. The summed E-state index contributed by atoms with van der Waals surface area (Å²) in [4.78, 5) is 123. The predicted molar refractivity (Wildman–Crippen MR) is 161 cm³/mol. The molecule has 1 heterocycles. The Hall–Kier alpha value is -5.34. The van der Waals surface area contributed by atoms with E-state index >= 15 is 0 Å². The summed E-state index contributed by atoms with van der Waals surface area (Å²) < 4.78 is 56.9. The van der Waals surface area contributed by atoms with Crippen molar-refractivity contribution in [3.8, 4) is 0 Å². The fourth-order valence-corrected chi connectivity index (χ4v) is 4.18. The molecule has 21 heteroatoms. The van der Waals surface area contributed by atoms with Gasteiger partial charge in [0.15, 0.2) is 42.7 Å². The van der Waals surface area contributed by atoms with Crippen LogP contribution in [0.5, 0.6) is 0 Å². The Bertz CT molecular complexity index is 1370. The first kappa shape index (κ1) is 44.7. The van der Waals surface area contributed by atoms with Crippen LogP contribution in [0.3, 0.4) is 0 Å². The van der Waals surface area contributed by atoms with Gasteiger partial charge in [-0.05, 0) is 34.6 Å². The molecular formula is C31H42O21. The summed E-state index contributed by atoms with van der Waals surface area (Å²) in [6, 6.07) is 0.